The number of carbonyl (C=O) groups excluding carboxylic acids is 1. The van der Waals surface area contributed by atoms with Crippen LogP contribution in [0.5, 0.6) is 0 Å². The van der Waals surface area contributed by atoms with Crippen LogP contribution >= 0.6 is 0 Å². The van der Waals surface area contributed by atoms with Crippen LogP contribution in [0.25, 0.3) is 11.3 Å². The van der Waals surface area contributed by atoms with Crippen LogP contribution in [0.2, 0.25) is 0 Å². The highest BCUT2D eigenvalue weighted by Crippen LogP contribution is 2.18. The Morgan fingerprint density at radius 3 is 2.57 bits per heavy atom. The van der Waals surface area contributed by atoms with Crippen LogP contribution in [-0.4, -0.2) is 28.8 Å². The van der Waals surface area contributed by atoms with E-state index in [4.69, 9.17) is 4.74 Å². The molecule has 0 aliphatic rings. The maximum atomic E-state index is 11.8. The Balaban J connectivity index is 2.07. The van der Waals surface area contributed by atoms with Crippen molar-refractivity contribution in [1.29, 1.82) is 0 Å². The van der Waals surface area contributed by atoms with Crippen molar-refractivity contribution in [3.8, 4) is 11.3 Å². The summed E-state index contributed by atoms with van der Waals surface area (Å²) < 4.78 is 5.22. The molecule has 2 aromatic rings. The number of carbonyl (C=O) groups is 1. The van der Waals surface area contributed by atoms with E-state index in [0.717, 1.165) is 5.56 Å². The van der Waals surface area contributed by atoms with Crippen molar-refractivity contribution in [2.45, 2.75) is 20.0 Å². The number of hydrogen-bond acceptors (Lipinski definition) is 4. The molecule has 2 rings (SSSR count). The molecule has 21 heavy (non-hydrogen) atoms. The van der Waals surface area contributed by atoms with Gasteiger partial charge in [-0.15, -0.1) is 0 Å². The summed E-state index contributed by atoms with van der Waals surface area (Å²) in [5, 5.41) is 9.10. The van der Waals surface area contributed by atoms with E-state index >= 15 is 0 Å². The van der Waals surface area contributed by atoms with Gasteiger partial charge in [0.2, 0.25) is 0 Å². The first-order chi connectivity index (χ1) is 10.1. The molecule has 1 aromatic carbocycles. The van der Waals surface area contributed by atoms with E-state index in [-0.39, 0.29) is 11.5 Å². The number of ether oxygens (including phenoxy) is 1. The van der Waals surface area contributed by atoms with Gasteiger partial charge < -0.3 is 10.1 Å². The summed E-state index contributed by atoms with van der Waals surface area (Å²) >= 11 is 0. The average Bonchev–Trinajstić information content (AvgIpc) is 2.49. The normalized spacial score (nSPS) is 11.9. The zero-order valence-corrected chi connectivity index (χ0v) is 11.9. The van der Waals surface area contributed by atoms with Crippen molar-refractivity contribution in [3.05, 3.63) is 46.8 Å². The smallest absolute Gasteiger partial charge is 0.264 e. The van der Waals surface area contributed by atoms with Gasteiger partial charge in [-0.3, -0.25) is 9.59 Å². The number of anilines is 1. The number of nitrogens with one attached hydrogen (secondary N) is 2. The fourth-order valence-corrected chi connectivity index (χ4v) is 1.80. The van der Waals surface area contributed by atoms with Crippen molar-refractivity contribution in [1.82, 2.24) is 10.2 Å². The number of H-pyrrole nitrogens is 1. The van der Waals surface area contributed by atoms with Gasteiger partial charge in [0.1, 0.15) is 6.10 Å². The molecule has 0 saturated heterocycles. The molecule has 1 unspecified atom stereocenters. The minimum absolute atomic E-state index is 0.188. The molecule has 0 spiro atoms. The van der Waals surface area contributed by atoms with E-state index in [0.29, 0.717) is 18.0 Å². The molecule has 1 atom stereocenters. The van der Waals surface area contributed by atoms with Crippen LogP contribution in [-0.2, 0) is 9.53 Å². The largest absolute Gasteiger partial charge is 0.369 e. The van der Waals surface area contributed by atoms with E-state index in [1.165, 1.54) is 6.07 Å². The number of benzene rings is 1. The molecule has 0 saturated carbocycles. The van der Waals surface area contributed by atoms with E-state index in [9.17, 15) is 9.59 Å². The molecular formula is C15H17N3O3. The molecular weight excluding hydrogens is 270 g/mol. The lowest BCUT2D eigenvalue weighted by molar-refractivity contribution is -0.126. The third-order valence-corrected chi connectivity index (χ3v) is 2.91. The average molecular weight is 287 g/mol. The number of aromatic nitrogens is 2. The minimum Gasteiger partial charge on any atom is -0.369 e. The van der Waals surface area contributed by atoms with E-state index in [1.807, 2.05) is 19.1 Å². The second kappa shape index (κ2) is 6.81. The Labute approximate surface area is 122 Å². The molecule has 0 aliphatic carbocycles. The fourth-order valence-electron chi connectivity index (χ4n) is 1.80. The highest BCUT2D eigenvalue weighted by atomic mass is 16.5. The van der Waals surface area contributed by atoms with Gasteiger partial charge in [-0.25, -0.2) is 5.10 Å². The van der Waals surface area contributed by atoms with Gasteiger partial charge in [0, 0.05) is 23.9 Å². The monoisotopic (exact) mass is 287 g/mol. The van der Waals surface area contributed by atoms with Crippen LogP contribution in [0.4, 0.5) is 5.69 Å². The molecule has 1 aromatic heterocycles. The van der Waals surface area contributed by atoms with Crippen LogP contribution in [0, 0.1) is 0 Å². The third-order valence-electron chi connectivity index (χ3n) is 2.91. The van der Waals surface area contributed by atoms with Crippen LogP contribution in [0.15, 0.2) is 41.2 Å². The SMILES string of the molecule is CCOC(C)C(=O)Nc1ccc(-c2ccc(=O)[nH]n2)cc1. The van der Waals surface area contributed by atoms with Crippen molar-refractivity contribution in [3.63, 3.8) is 0 Å². The summed E-state index contributed by atoms with van der Waals surface area (Å²) in [7, 11) is 0. The summed E-state index contributed by atoms with van der Waals surface area (Å²) in [5.74, 6) is -0.188. The summed E-state index contributed by atoms with van der Waals surface area (Å²) in [5.41, 5.74) is 1.95. The lowest BCUT2D eigenvalue weighted by atomic mass is 10.1. The molecule has 6 nitrogen and oxygen atoms in total. The van der Waals surface area contributed by atoms with Gasteiger partial charge in [-0.1, -0.05) is 12.1 Å². The van der Waals surface area contributed by atoms with Crippen LogP contribution in [0.3, 0.4) is 0 Å². The number of nitrogens with zero attached hydrogens (tertiary/aromatic N) is 1. The first-order valence-electron chi connectivity index (χ1n) is 6.69. The summed E-state index contributed by atoms with van der Waals surface area (Å²) in [6.07, 6.45) is -0.490. The predicted molar refractivity (Wildman–Crippen MR) is 80.0 cm³/mol. The number of aromatic amines is 1. The predicted octanol–water partition coefficient (Wildman–Crippen LogP) is 1.80. The second-order valence-corrected chi connectivity index (χ2v) is 4.47. The third kappa shape index (κ3) is 4.00. The highest BCUT2D eigenvalue weighted by Gasteiger charge is 2.12. The molecule has 0 radical (unpaired) electrons. The highest BCUT2D eigenvalue weighted by molar-refractivity contribution is 5.94. The van der Waals surface area contributed by atoms with Gasteiger partial charge in [0.25, 0.3) is 11.5 Å². The first-order valence-corrected chi connectivity index (χ1v) is 6.69. The molecule has 2 N–H and O–H groups in total. The lowest BCUT2D eigenvalue weighted by Gasteiger charge is -2.12. The van der Waals surface area contributed by atoms with Gasteiger partial charge in [-0.05, 0) is 32.0 Å². The van der Waals surface area contributed by atoms with Gasteiger partial charge in [0.05, 0.1) is 5.69 Å². The van der Waals surface area contributed by atoms with Gasteiger partial charge in [0.15, 0.2) is 0 Å². The van der Waals surface area contributed by atoms with Crippen molar-refractivity contribution in [2.75, 3.05) is 11.9 Å². The quantitative estimate of drug-likeness (QED) is 0.878. The standard InChI is InChI=1S/C15H17N3O3/c1-3-21-10(2)15(20)16-12-6-4-11(5-7-12)13-8-9-14(19)18-17-13/h4-10H,3H2,1-2H3,(H,16,20)(H,18,19). The Bertz CT molecular complexity index is 644. The molecule has 1 amide bonds. The first kappa shape index (κ1) is 14.9. The number of amides is 1. The molecule has 110 valence electrons. The van der Waals surface area contributed by atoms with E-state index < -0.39 is 6.10 Å². The molecule has 1 heterocycles. The van der Waals surface area contributed by atoms with Crippen molar-refractivity contribution in [2.24, 2.45) is 0 Å². The van der Waals surface area contributed by atoms with Crippen LogP contribution in [0.1, 0.15) is 13.8 Å². The maximum absolute atomic E-state index is 11.8. The van der Waals surface area contributed by atoms with Gasteiger partial charge in [-0.2, -0.15) is 5.10 Å². The van der Waals surface area contributed by atoms with Crippen molar-refractivity contribution < 1.29 is 9.53 Å². The molecule has 0 fully saturated rings. The van der Waals surface area contributed by atoms with Gasteiger partial charge >= 0.3 is 0 Å². The Hall–Kier alpha value is -2.47. The minimum atomic E-state index is -0.490. The Morgan fingerprint density at radius 1 is 1.29 bits per heavy atom. The molecule has 0 bridgehead atoms. The lowest BCUT2D eigenvalue weighted by Crippen LogP contribution is -2.27. The summed E-state index contributed by atoms with van der Waals surface area (Å²) in [6.45, 7) is 4.04. The van der Waals surface area contributed by atoms with Crippen molar-refractivity contribution >= 4 is 11.6 Å². The fraction of sp³-hybridized carbons (Fsp3) is 0.267. The Morgan fingerprint density at radius 2 is 2.00 bits per heavy atom. The summed E-state index contributed by atoms with van der Waals surface area (Å²) in [6, 6.07) is 10.3. The Kier molecular flexibility index (Phi) is 4.84. The second-order valence-electron chi connectivity index (χ2n) is 4.47. The number of hydrogen-bond donors (Lipinski definition) is 2. The summed E-state index contributed by atoms with van der Waals surface area (Å²) in [4.78, 5) is 22.8. The zero-order chi connectivity index (χ0) is 15.2. The van der Waals surface area contributed by atoms with E-state index in [2.05, 4.69) is 15.5 Å². The van der Waals surface area contributed by atoms with Crippen LogP contribution < -0.4 is 10.9 Å². The maximum Gasteiger partial charge on any atom is 0.264 e. The van der Waals surface area contributed by atoms with E-state index in [1.54, 1.807) is 25.1 Å². The molecule has 6 heteroatoms. The number of rotatable bonds is 5. The molecule has 0 aliphatic heterocycles. The zero-order valence-electron chi connectivity index (χ0n) is 11.9. The topological polar surface area (TPSA) is 84.1 Å².